The predicted octanol–water partition coefficient (Wildman–Crippen LogP) is 5.86. The van der Waals surface area contributed by atoms with E-state index in [4.69, 9.17) is 46.4 Å². The fourth-order valence-electron chi connectivity index (χ4n) is 1.36. The molecule has 0 radical (unpaired) electrons. The smallest absolute Gasteiger partial charge is 0.148 e. The Hall–Kier alpha value is 0.485. The van der Waals surface area contributed by atoms with Gasteiger partial charge >= 0.3 is 0 Å². The monoisotopic (exact) mass is 556 g/mol. The van der Waals surface area contributed by atoms with Crippen molar-refractivity contribution in [3.05, 3.63) is 44.4 Å². The van der Waals surface area contributed by atoms with Crippen molar-refractivity contribution in [2.45, 2.75) is 9.79 Å². The van der Waals surface area contributed by atoms with Gasteiger partial charge in [0.1, 0.15) is 11.5 Å². The van der Waals surface area contributed by atoms with E-state index in [0.717, 1.165) is 11.8 Å². The molecule has 0 amide bonds. The number of aromatic hydroxyl groups is 2. The zero-order chi connectivity index (χ0) is 14.2. The minimum atomic E-state index is -0.119. The molecule has 2 aromatic carbocycles. The van der Waals surface area contributed by atoms with Gasteiger partial charge in [-0.25, -0.2) is 0 Å². The van der Waals surface area contributed by atoms with Crippen molar-refractivity contribution in [2.24, 2.45) is 0 Å². The maximum Gasteiger partial charge on any atom is 0.148 e. The summed E-state index contributed by atoms with van der Waals surface area (Å²) < 4.78 is 0. The van der Waals surface area contributed by atoms with E-state index < -0.39 is 0 Å². The van der Waals surface area contributed by atoms with Crippen LogP contribution in [0, 0.1) is 0 Å². The maximum atomic E-state index is 9.85. The Balaban J connectivity index is 0.00000200. The van der Waals surface area contributed by atoms with Crippen molar-refractivity contribution >= 4 is 58.2 Å². The molecule has 102 valence electrons. The van der Waals surface area contributed by atoms with Crippen LogP contribution in [0.5, 0.6) is 11.5 Å². The fourth-order valence-corrected chi connectivity index (χ4v) is 3.61. The van der Waals surface area contributed by atoms with Gasteiger partial charge in [0.15, 0.2) is 0 Å². The number of phenols is 2. The molecule has 0 saturated carbocycles. The van der Waals surface area contributed by atoms with Crippen LogP contribution in [0.2, 0.25) is 20.1 Å². The van der Waals surface area contributed by atoms with Gasteiger partial charge in [0, 0.05) is 37.7 Å². The average Bonchev–Trinajstić information content (AvgIpc) is 2.31. The number of hydrogen-bond donors (Lipinski definition) is 2. The molecule has 0 aliphatic heterocycles. The summed E-state index contributed by atoms with van der Waals surface area (Å²) in [6.45, 7) is 0. The molecule has 0 heterocycles. The molecule has 8 heteroatoms. The number of benzene rings is 2. The summed E-state index contributed by atoms with van der Waals surface area (Å²) in [5, 5.41) is 20.7. The SMILES string of the molecule is Oc1c(Cl)cc(Cl)cc1Sc1cc(Cl)cc(Cl)c1O.[Hg]. The van der Waals surface area contributed by atoms with Gasteiger partial charge in [-0.05, 0) is 24.3 Å². The Morgan fingerprint density at radius 1 is 0.700 bits per heavy atom. The van der Waals surface area contributed by atoms with Crippen molar-refractivity contribution in [3.8, 4) is 11.5 Å². The molecule has 2 N–H and O–H groups in total. The number of halogens is 4. The summed E-state index contributed by atoms with van der Waals surface area (Å²) in [6.07, 6.45) is 0. The van der Waals surface area contributed by atoms with Gasteiger partial charge in [-0.1, -0.05) is 58.2 Å². The van der Waals surface area contributed by atoms with E-state index in [1.807, 2.05) is 0 Å². The van der Waals surface area contributed by atoms with Crippen LogP contribution in [0.1, 0.15) is 0 Å². The van der Waals surface area contributed by atoms with Gasteiger partial charge in [0.2, 0.25) is 0 Å². The standard InChI is InChI=1S/C12H6Cl4O2S.Hg/c13-5-1-7(15)11(17)9(3-5)19-10-4-6(14)2-8(16)12(10)18;/h1-4,17-18H;. The number of hydrogen-bond acceptors (Lipinski definition) is 3. The Morgan fingerprint density at radius 2 is 1.05 bits per heavy atom. The molecule has 0 bridgehead atoms. The molecule has 2 aromatic rings. The summed E-state index contributed by atoms with van der Waals surface area (Å²) in [6, 6.07) is 5.91. The van der Waals surface area contributed by atoms with Gasteiger partial charge < -0.3 is 10.2 Å². The second-order valence-electron chi connectivity index (χ2n) is 3.57. The Morgan fingerprint density at radius 3 is 1.40 bits per heavy atom. The van der Waals surface area contributed by atoms with Crippen LogP contribution < -0.4 is 0 Å². The van der Waals surface area contributed by atoms with Crippen molar-refractivity contribution in [3.63, 3.8) is 0 Å². The summed E-state index contributed by atoms with van der Waals surface area (Å²) >= 11 is 24.4. The first-order chi connectivity index (χ1) is 8.88. The quantitative estimate of drug-likeness (QED) is 0.456. The van der Waals surface area contributed by atoms with E-state index in [1.54, 1.807) is 0 Å². The van der Waals surface area contributed by atoms with E-state index in [1.165, 1.54) is 24.3 Å². The van der Waals surface area contributed by atoms with Gasteiger partial charge in [-0.15, -0.1) is 0 Å². The zero-order valence-corrected chi connectivity index (χ0v) is 19.2. The summed E-state index contributed by atoms with van der Waals surface area (Å²) in [5.41, 5.74) is 0. The van der Waals surface area contributed by atoms with E-state index >= 15 is 0 Å². The molecular weight excluding hydrogens is 551 g/mol. The van der Waals surface area contributed by atoms with E-state index in [9.17, 15) is 10.2 Å². The molecule has 0 atom stereocenters. The first kappa shape index (κ1) is 18.5. The number of phenolic OH excluding ortho intramolecular Hbond substituents is 2. The first-order valence-electron chi connectivity index (χ1n) is 4.92. The van der Waals surface area contributed by atoms with Gasteiger partial charge in [-0.3, -0.25) is 0 Å². The minimum absolute atomic E-state index is 0. The van der Waals surface area contributed by atoms with Gasteiger partial charge in [0.05, 0.1) is 19.8 Å². The third-order valence-corrected chi connectivity index (χ3v) is 4.28. The van der Waals surface area contributed by atoms with Crippen molar-refractivity contribution < 1.29 is 37.9 Å². The van der Waals surface area contributed by atoms with Crippen LogP contribution in [0.15, 0.2) is 34.1 Å². The summed E-state index contributed by atoms with van der Waals surface area (Å²) in [5.74, 6) is -0.238. The Labute approximate surface area is 160 Å². The number of rotatable bonds is 2. The third kappa shape index (κ3) is 4.25. The second kappa shape index (κ2) is 7.66. The predicted molar refractivity (Wildman–Crippen MR) is 80.4 cm³/mol. The summed E-state index contributed by atoms with van der Waals surface area (Å²) in [7, 11) is 0. The van der Waals surface area contributed by atoms with Crippen LogP contribution in [0.25, 0.3) is 0 Å². The fraction of sp³-hybridized carbons (Fsp3) is 0. The van der Waals surface area contributed by atoms with Crippen LogP contribution in [0.4, 0.5) is 0 Å². The molecule has 0 aliphatic carbocycles. The Bertz CT molecular complexity index is 596. The molecule has 0 unspecified atom stereocenters. The minimum Gasteiger partial charge on any atom is -0.505 e. The molecular formula is C12H6Cl4HgO2S. The molecule has 0 aromatic heterocycles. The molecule has 2 rings (SSSR count). The van der Waals surface area contributed by atoms with E-state index in [2.05, 4.69) is 0 Å². The van der Waals surface area contributed by atoms with Crippen molar-refractivity contribution in [1.29, 1.82) is 0 Å². The van der Waals surface area contributed by atoms with Gasteiger partial charge in [0.25, 0.3) is 0 Å². The van der Waals surface area contributed by atoms with Crippen molar-refractivity contribution in [2.75, 3.05) is 0 Å². The van der Waals surface area contributed by atoms with Crippen LogP contribution >= 0.6 is 58.2 Å². The maximum absolute atomic E-state index is 9.85. The van der Waals surface area contributed by atoms with E-state index in [-0.39, 0.29) is 49.2 Å². The first-order valence-corrected chi connectivity index (χ1v) is 7.25. The van der Waals surface area contributed by atoms with Crippen LogP contribution in [-0.4, -0.2) is 10.2 Å². The van der Waals surface area contributed by atoms with Crippen LogP contribution in [-0.2, 0) is 27.7 Å². The topological polar surface area (TPSA) is 40.5 Å². The molecule has 0 aliphatic rings. The molecule has 0 spiro atoms. The summed E-state index contributed by atoms with van der Waals surface area (Å²) in [4.78, 5) is 0.789. The molecule has 2 nitrogen and oxygen atoms in total. The molecule has 20 heavy (non-hydrogen) atoms. The third-order valence-electron chi connectivity index (χ3n) is 2.21. The average molecular weight is 557 g/mol. The van der Waals surface area contributed by atoms with Crippen LogP contribution in [0.3, 0.4) is 0 Å². The zero-order valence-electron chi connectivity index (χ0n) is 9.83. The molecule has 0 saturated heterocycles. The largest absolute Gasteiger partial charge is 0.505 e. The van der Waals surface area contributed by atoms with Gasteiger partial charge in [-0.2, -0.15) is 0 Å². The Kier molecular flexibility index (Phi) is 7.10. The second-order valence-corrected chi connectivity index (χ2v) is 6.34. The molecule has 0 fully saturated rings. The van der Waals surface area contributed by atoms with Crippen molar-refractivity contribution in [1.82, 2.24) is 0 Å². The van der Waals surface area contributed by atoms with E-state index in [0.29, 0.717) is 19.8 Å². The normalized spacial score (nSPS) is 10.2.